The zero-order valence-electron chi connectivity index (χ0n) is 8.86. The van der Waals surface area contributed by atoms with E-state index >= 15 is 0 Å². The van der Waals surface area contributed by atoms with E-state index in [0.717, 1.165) is 12.6 Å². The average molecular weight is 352 g/mol. The summed E-state index contributed by atoms with van der Waals surface area (Å²) in [6, 6.07) is 2.72. The molecule has 1 unspecified atom stereocenters. The predicted molar refractivity (Wildman–Crippen MR) is 73.2 cm³/mol. The smallest absolute Gasteiger partial charge is 0.402 e. The second-order valence-electron chi connectivity index (χ2n) is 2.96. The fraction of sp³-hybridized carbons (Fsp3) is 0.111. The Morgan fingerprint density at radius 3 is 2.33 bits per heavy atom. The van der Waals surface area contributed by atoms with E-state index in [1.165, 1.54) is 12.1 Å². The second-order valence-corrected chi connectivity index (χ2v) is 5.89. The molecule has 1 aromatic rings. The van der Waals surface area contributed by atoms with Crippen LogP contribution < -0.4 is 0 Å². The van der Waals surface area contributed by atoms with Crippen LogP contribution in [0.4, 0.5) is 0 Å². The van der Waals surface area contributed by atoms with Crippen LogP contribution in [-0.2, 0) is 13.6 Å². The van der Waals surface area contributed by atoms with Crippen LogP contribution in [0.2, 0.25) is 15.1 Å². The van der Waals surface area contributed by atoms with Gasteiger partial charge in [-0.1, -0.05) is 46.4 Å². The molecule has 9 heteroatoms. The van der Waals surface area contributed by atoms with Gasteiger partial charge in [0.15, 0.2) is 5.76 Å². The Kier molecular flexibility index (Phi) is 5.81. The van der Waals surface area contributed by atoms with Crippen LogP contribution >= 0.6 is 54.2 Å². The van der Waals surface area contributed by atoms with Gasteiger partial charge in [-0.2, -0.15) is 0 Å². The maximum atomic E-state index is 11.3. The fourth-order valence-corrected chi connectivity index (χ4v) is 2.34. The lowest BCUT2D eigenvalue weighted by molar-refractivity contribution is 0.231. The van der Waals surface area contributed by atoms with Gasteiger partial charge in [-0.25, -0.2) is 4.57 Å². The van der Waals surface area contributed by atoms with E-state index in [2.05, 4.69) is 4.52 Å². The third-order valence-electron chi connectivity index (χ3n) is 1.82. The molecule has 0 spiro atoms. The summed E-state index contributed by atoms with van der Waals surface area (Å²) in [5, 5.41) is 0.589. The minimum Gasteiger partial charge on any atom is -0.402 e. The fourth-order valence-electron chi connectivity index (χ4n) is 1.00. The van der Waals surface area contributed by atoms with Crippen molar-refractivity contribution in [3.8, 4) is 0 Å². The molecular weight excluding hydrogens is 345 g/mol. The summed E-state index contributed by atoms with van der Waals surface area (Å²) in [4.78, 5) is 9.21. The van der Waals surface area contributed by atoms with Gasteiger partial charge in [0.1, 0.15) is 0 Å². The zero-order chi connectivity index (χ0) is 13.9. The van der Waals surface area contributed by atoms with Crippen LogP contribution in [0, 0.1) is 0 Å². The molecule has 0 aromatic heterocycles. The van der Waals surface area contributed by atoms with Gasteiger partial charge in [0.25, 0.3) is 0 Å². The van der Waals surface area contributed by atoms with Crippen molar-refractivity contribution in [1.82, 2.24) is 0 Å². The van der Waals surface area contributed by atoms with Crippen LogP contribution in [0.15, 0.2) is 17.7 Å². The topological polar surface area (TPSA) is 55.8 Å². The van der Waals surface area contributed by atoms with Crippen molar-refractivity contribution in [2.24, 2.45) is 0 Å². The van der Waals surface area contributed by atoms with Gasteiger partial charge in [0, 0.05) is 18.2 Å². The molecule has 0 amide bonds. The van der Waals surface area contributed by atoms with Crippen molar-refractivity contribution < 1.29 is 18.5 Å². The largest absolute Gasteiger partial charge is 0.527 e. The highest BCUT2D eigenvalue weighted by molar-refractivity contribution is 7.47. The third kappa shape index (κ3) is 4.04. The Hall–Kier alpha value is 0.0700. The number of hydrogen-bond donors (Lipinski definition) is 1. The molecule has 18 heavy (non-hydrogen) atoms. The summed E-state index contributed by atoms with van der Waals surface area (Å²) in [6.45, 7) is 0. The van der Waals surface area contributed by atoms with Crippen molar-refractivity contribution in [1.29, 1.82) is 0 Å². The molecule has 0 radical (unpaired) electrons. The standard InChI is InChI=1S/C9H7Cl4O4P/c1-16-18(14,15)17-9(4-10)5-2-7(12)8(13)3-6(5)11/h2-4H,1H3,(H,14,15)/b9-4+. The van der Waals surface area contributed by atoms with Crippen LogP contribution in [0.3, 0.4) is 0 Å². The van der Waals surface area contributed by atoms with E-state index in [0.29, 0.717) is 0 Å². The molecule has 0 bridgehead atoms. The van der Waals surface area contributed by atoms with E-state index in [9.17, 15) is 9.46 Å². The van der Waals surface area contributed by atoms with Crippen molar-refractivity contribution in [3.63, 3.8) is 0 Å². The maximum absolute atomic E-state index is 11.3. The SMILES string of the molecule is COP(=O)(O)O/C(=C/Cl)c1cc(Cl)c(Cl)cc1Cl. The Morgan fingerprint density at radius 2 is 1.83 bits per heavy atom. The number of phosphoric ester groups is 1. The summed E-state index contributed by atoms with van der Waals surface area (Å²) in [7, 11) is -3.23. The number of benzene rings is 1. The number of hydrogen-bond acceptors (Lipinski definition) is 3. The highest BCUT2D eigenvalue weighted by atomic mass is 35.5. The molecule has 4 nitrogen and oxygen atoms in total. The first-order chi connectivity index (χ1) is 8.30. The lowest BCUT2D eigenvalue weighted by atomic mass is 10.2. The van der Waals surface area contributed by atoms with Crippen molar-refractivity contribution >= 4 is 60.0 Å². The molecule has 0 aliphatic heterocycles. The summed E-state index contributed by atoms with van der Waals surface area (Å²) in [5.74, 6) is -0.159. The first-order valence-electron chi connectivity index (χ1n) is 4.34. The van der Waals surface area contributed by atoms with Gasteiger partial charge in [-0.05, 0) is 12.1 Å². The van der Waals surface area contributed by atoms with Crippen molar-refractivity contribution in [3.05, 3.63) is 38.3 Å². The van der Waals surface area contributed by atoms with E-state index in [1.54, 1.807) is 0 Å². The zero-order valence-corrected chi connectivity index (χ0v) is 12.8. The molecule has 0 saturated heterocycles. The van der Waals surface area contributed by atoms with Gasteiger partial charge in [0.2, 0.25) is 0 Å². The molecule has 1 aromatic carbocycles. The summed E-state index contributed by atoms with van der Waals surface area (Å²) < 4.78 is 20.3. The van der Waals surface area contributed by atoms with Gasteiger partial charge < -0.3 is 4.52 Å². The van der Waals surface area contributed by atoms with E-state index in [4.69, 9.17) is 50.9 Å². The summed E-state index contributed by atoms with van der Waals surface area (Å²) in [6.07, 6.45) is 0. The van der Waals surface area contributed by atoms with Crippen LogP contribution in [0.1, 0.15) is 5.56 Å². The molecule has 1 rings (SSSR count). The minimum absolute atomic E-state index is 0.159. The molecule has 0 fully saturated rings. The molecule has 0 aliphatic rings. The van der Waals surface area contributed by atoms with Crippen LogP contribution in [-0.4, -0.2) is 12.0 Å². The van der Waals surface area contributed by atoms with E-state index in [-0.39, 0.29) is 26.4 Å². The monoisotopic (exact) mass is 350 g/mol. The summed E-state index contributed by atoms with van der Waals surface area (Å²) in [5.41, 5.74) is 1.15. The first-order valence-corrected chi connectivity index (χ1v) is 7.40. The molecule has 1 atom stereocenters. The van der Waals surface area contributed by atoms with Crippen LogP contribution in [0.25, 0.3) is 5.76 Å². The molecular formula is C9H7Cl4O4P. The van der Waals surface area contributed by atoms with Gasteiger partial charge >= 0.3 is 7.82 Å². The van der Waals surface area contributed by atoms with E-state index < -0.39 is 7.82 Å². The highest BCUT2D eigenvalue weighted by Crippen LogP contribution is 2.48. The maximum Gasteiger partial charge on any atom is 0.527 e. The third-order valence-corrected chi connectivity index (χ3v) is 3.94. The molecule has 100 valence electrons. The van der Waals surface area contributed by atoms with Gasteiger partial charge in [-0.3, -0.25) is 9.42 Å². The van der Waals surface area contributed by atoms with Gasteiger partial charge in [-0.15, -0.1) is 0 Å². The molecule has 1 N–H and O–H groups in total. The lowest BCUT2D eigenvalue weighted by Crippen LogP contribution is -1.94. The van der Waals surface area contributed by atoms with Gasteiger partial charge in [0.05, 0.1) is 15.1 Å². The Labute approximate surface area is 124 Å². The highest BCUT2D eigenvalue weighted by Gasteiger charge is 2.24. The minimum atomic E-state index is -4.25. The van der Waals surface area contributed by atoms with Crippen LogP contribution in [0.5, 0.6) is 0 Å². The molecule has 0 aliphatic carbocycles. The number of rotatable bonds is 4. The quantitative estimate of drug-likeness (QED) is 0.474. The molecule has 0 saturated carbocycles. The predicted octanol–water partition coefficient (Wildman–Crippen LogP) is 4.95. The lowest BCUT2D eigenvalue weighted by Gasteiger charge is -2.14. The number of phosphoric acid groups is 1. The Bertz CT molecular complexity index is 532. The van der Waals surface area contributed by atoms with Crippen molar-refractivity contribution in [2.45, 2.75) is 0 Å². The first kappa shape index (κ1) is 16.1. The average Bonchev–Trinajstić information content (AvgIpc) is 2.31. The Morgan fingerprint density at radius 1 is 1.28 bits per heavy atom. The summed E-state index contributed by atoms with van der Waals surface area (Å²) >= 11 is 23.0. The van der Waals surface area contributed by atoms with E-state index in [1.807, 2.05) is 0 Å². The normalized spacial score (nSPS) is 15.3. The second kappa shape index (κ2) is 6.49. The Balaban J connectivity index is 3.19. The molecule has 0 heterocycles. The van der Waals surface area contributed by atoms with Crippen molar-refractivity contribution in [2.75, 3.05) is 7.11 Å². The number of halogens is 4.